The summed E-state index contributed by atoms with van der Waals surface area (Å²) < 4.78 is 1.79. The van der Waals surface area contributed by atoms with E-state index < -0.39 is 0 Å². The molecule has 0 aromatic carbocycles. The van der Waals surface area contributed by atoms with E-state index in [1.807, 2.05) is 25.3 Å². The lowest BCUT2D eigenvalue weighted by Gasteiger charge is -2.27. The predicted molar refractivity (Wildman–Crippen MR) is 104 cm³/mol. The fraction of sp³-hybridized carbons (Fsp3) is 0.421. The van der Waals surface area contributed by atoms with E-state index in [2.05, 4.69) is 38.7 Å². The molecule has 1 aliphatic carbocycles. The van der Waals surface area contributed by atoms with E-state index in [9.17, 15) is 0 Å². The number of nitrogens with one attached hydrogen (secondary N) is 2. The third-order valence-electron chi connectivity index (χ3n) is 4.84. The molecule has 26 heavy (non-hydrogen) atoms. The van der Waals surface area contributed by atoms with E-state index in [1.165, 1.54) is 5.56 Å². The van der Waals surface area contributed by atoms with E-state index >= 15 is 0 Å². The van der Waals surface area contributed by atoms with Gasteiger partial charge in [0.2, 0.25) is 0 Å². The van der Waals surface area contributed by atoms with Crippen molar-refractivity contribution in [3.05, 3.63) is 41.9 Å². The van der Waals surface area contributed by atoms with Crippen LogP contribution < -0.4 is 16.4 Å². The molecule has 0 aliphatic heterocycles. The molecule has 1 saturated carbocycles. The Morgan fingerprint density at radius 3 is 2.65 bits per heavy atom. The van der Waals surface area contributed by atoms with Gasteiger partial charge in [0, 0.05) is 36.2 Å². The molecule has 0 bridgehead atoms. The molecule has 3 aromatic heterocycles. The predicted octanol–water partition coefficient (Wildman–Crippen LogP) is 3.17. The van der Waals surface area contributed by atoms with Gasteiger partial charge < -0.3 is 16.4 Å². The first-order valence-electron chi connectivity index (χ1n) is 9.15. The number of nitrogens with two attached hydrogens (primary N) is 1. The fourth-order valence-electron chi connectivity index (χ4n) is 3.60. The van der Waals surface area contributed by atoms with Crippen molar-refractivity contribution in [1.29, 1.82) is 0 Å². The van der Waals surface area contributed by atoms with Gasteiger partial charge in [0.15, 0.2) is 5.65 Å². The Bertz CT molecular complexity index is 889. The molecule has 7 nitrogen and oxygen atoms in total. The lowest BCUT2D eigenvalue weighted by molar-refractivity contribution is 0.410. The summed E-state index contributed by atoms with van der Waals surface area (Å²) in [5.41, 5.74) is 9.83. The molecule has 1 aliphatic rings. The third kappa shape index (κ3) is 3.62. The molecule has 1 fully saturated rings. The van der Waals surface area contributed by atoms with Crippen LogP contribution in [-0.2, 0) is 0 Å². The summed E-state index contributed by atoms with van der Waals surface area (Å²) in [4.78, 5) is 8.99. The van der Waals surface area contributed by atoms with Crippen LogP contribution >= 0.6 is 0 Å². The number of anilines is 3. The van der Waals surface area contributed by atoms with Crippen LogP contribution in [0.5, 0.6) is 0 Å². The zero-order chi connectivity index (χ0) is 18.1. The van der Waals surface area contributed by atoms with Crippen molar-refractivity contribution in [2.75, 3.05) is 10.6 Å². The second-order valence-corrected chi connectivity index (χ2v) is 7.19. The average Bonchev–Trinajstić information content (AvgIpc) is 3.05. The highest BCUT2D eigenvalue weighted by Gasteiger charge is 2.19. The van der Waals surface area contributed by atoms with Crippen LogP contribution in [0.25, 0.3) is 5.65 Å². The smallest absolute Gasteiger partial charge is 0.177 e. The SMILES string of the molecule is Cc1cc(C)nc(Nc2cc(NC3CCC(N)CC3)nn3ccnc23)c1. The second kappa shape index (κ2) is 6.92. The number of pyridine rings is 1. The molecule has 0 atom stereocenters. The molecule has 4 rings (SSSR count). The minimum atomic E-state index is 0.338. The maximum absolute atomic E-state index is 6.01. The molecule has 0 saturated heterocycles. The first-order valence-corrected chi connectivity index (χ1v) is 9.15. The highest BCUT2D eigenvalue weighted by molar-refractivity contribution is 5.74. The van der Waals surface area contributed by atoms with Crippen LogP contribution in [0.1, 0.15) is 36.9 Å². The molecule has 136 valence electrons. The molecule has 0 unspecified atom stereocenters. The van der Waals surface area contributed by atoms with Crippen LogP contribution in [0, 0.1) is 13.8 Å². The van der Waals surface area contributed by atoms with Gasteiger partial charge in [0.1, 0.15) is 11.6 Å². The minimum Gasteiger partial charge on any atom is -0.366 e. The zero-order valence-electron chi connectivity index (χ0n) is 15.2. The summed E-state index contributed by atoms with van der Waals surface area (Å²) in [7, 11) is 0. The van der Waals surface area contributed by atoms with Gasteiger partial charge in [0.25, 0.3) is 0 Å². The summed E-state index contributed by atoms with van der Waals surface area (Å²) in [6, 6.07) is 6.85. The number of aryl methyl sites for hydroxylation is 2. The van der Waals surface area contributed by atoms with Gasteiger partial charge in [-0.15, -0.1) is 5.10 Å². The highest BCUT2D eigenvalue weighted by Crippen LogP contribution is 2.25. The average molecular weight is 351 g/mol. The largest absolute Gasteiger partial charge is 0.366 e. The van der Waals surface area contributed by atoms with Crippen LogP contribution in [0.3, 0.4) is 0 Å². The standard InChI is InChI=1S/C19H25N7/c1-12-9-13(2)22-17(10-12)24-16-11-18(25-26-8-7-21-19(16)26)23-15-5-3-14(20)4-6-15/h7-11,14-15H,3-6,20H2,1-2H3,(H,22,24)(H,23,25). The van der Waals surface area contributed by atoms with E-state index in [0.29, 0.717) is 12.1 Å². The van der Waals surface area contributed by atoms with Crippen LogP contribution in [0.4, 0.5) is 17.3 Å². The first kappa shape index (κ1) is 16.8. The molecule has 0 amide bonds. The molecule has 4 N–H and O–H groups in total. The highest BCUT2D eigenvalue weighted by atomic mass is 15.3. The van der Waals surface area contributed by atoms with Crippen molar-refractivity contribution in [2.45, 2.75) is 51.6 Å². The van der Waals surface area contributed by atoms with Gasteiger partial charge in [-0.25, -0.2) is 14.5 Å². The number of rotatable bonds is 4. The Kier molecular flexibility index (Phi) is 4.46. The van der Waals surface area contributed by atoms with E-state index in [4.69, 9.17) is 5.73 Å². The maximum Gasteiger partial charge on any atom is 0.177 e. The maximum atomic E-state index is 6.01. The van der Waals surface area contributed by atoms with Gasteiger partial charge in [-0.1, -0.05) is 0 Å². The number of nitrogens with zero attached hydrogens (tertiary/aromatic N) is 4. The summed E-state index contributed by atoms with van der Waals surface area (Å²) in [6.07, 6.45) is 7.88. The van der Waals surface area contributed by atoms with Crippen molar-refractivity contribution in [1.82, 2.24) is 19.6 Å². The van der Waals surface area contributed by atoms with E-state index in [0.717, 1.165) is 54.3 Å². The van der Waals surface area contributed by atoms with Gasteiger partial charge >= 0.3 is 0 Å². The summed E-state index contributed by atoms with van der Waals surface area (Å²) >= 11 is 0. The van der Waals surface area contributed by atoms with Gasteiger partial charge in [-0.05, 0) is 57.2 Å². The van der Waals surface area contributed by atoms with Crippen LogP contribution in [-0.4, -0.2) is 31.7 Å². The summed E-state index contributed by atoms with van der Waals surface area (Å²) in [6.45, 7) is 4.06. The number of fused-ring (bicyclic) bond motifs is 1. The Morgan fingerprint density at radius 2 is 1.88 bits per heavy atom. The number of imidazole rings is 1. The van der Waals surface area contributed by atoms with Crippen molar-refractivity contribution < 1.29 is 0 Å². The zero-order valence-corrected chi connectivity index (χ0v) is 15.2. The molecule has 0 radical (unpaired) electrons. The fourth-order valence-corrected chi connectivity index (χ4v) is 3.60. The first-order chi connectivity index (χ1) is 12.6. The van der Waals surface area contributed by atoms with Gasteiger partial charge in [-0.2, -0.15) is 0 Å². The number of hydrogen-bond acceptors (Lipinski definition) is 6. The van der Waals surface area contributed by atoms with Gasteiger partial charge in [-0.3, -0.25) is 0 Å². The monoisotopic (exact) mass is 351 g/mol. The normalized spacial score (nSPS) is 20.3. The Labute approximate surface area is 153 Å². The van der Waals surface area contributed by atoms with Crippen molar-refractivity contribution in [3.63, 3.8) is 0 Å². The Hall–Kier alpha value is -2.67. The summed E-state index contributed by atoms with van der Waals surface area (Å²) in [5.74, 6) is 1.65. The second-order valence-electron chi connectivity index (χ2n) is 7.19. The van der Waals surface area contributed by atoms with E-state index in [-0.39, 0.29) is 0 Å². The topological polar surface area (TPSA) is 93.2 Å². The van der Waals surface area contributed by atoms with Crippen molar-refractivity contribution in [3.8, 4) is 0 Å². The summed E-state index contributed by atoms with van der Waals surface area (Å²) in [5, 5.41) is 11.6. The molecule has 0 spiro atoms. The van der Waals surface area contributed by atoms with E-state index in [1.54, 1.807) is 10.7 Å². The number of hydrogen-bond donors (Lipinski definition) is 3. The Balaban J connectivity index is 1.62. The molecule has 3 heterocycles. The third-order valence-corrected chi connectivity index (χ3v) is 4.84. The molecular formula is C19H25N7. The molecular weight excluding hydrogens is 326 g/mol. The van der Waals surface area contributed by atoms with Crippen molar-refractivity contribution in [2.24, 2.45) is 5.73 Å². The van der Waals surface area contributed by atoms with Gasteiger partial charge in [0.05, 0.1) is 5.69 Å². The minimum absolute atomic E-state index is 0.338. The van der Waals surface area contributed by atoms with Crippen molar-refractivity contribution >= 4 is 23.0 Å². The lowest BCUT2D eigenvalue weighted by atomic mass is 9.92. The van der Waals surface area contributed by atoms with Crippen LogP contribution in [0.15, 0.2) is 30.6 Å². The molecule has 3 aromatic rings. The Morgan fingerprint density at radius 1 is 1.08 bits per heavy atom. The lowest BCUT2D eigenvalue weighted by Crippen LogP contribution is -2.33. The van der Waals surface area contributed by atoms with Crippen LogP contribution in [0.2, 0.25) is 0 Å². The quantitative estimate of drug-likeness (QED) is 0.668. The molecule has 7 heteroatoms. The number of aromatic nitrogens is 4.